The number of hydrogen-bond donors (Lipinski definition) is 1. The highest BCUT2D eigenvalue weighted by atomic mass is 16.6. The molecule has 108 valence electrons. The molecule has 0 radical (unpaired) electrons. The molecule has 0 saturated carbocycles. The first-order valence-electron chi connectivity index (χ1n) is 5.95. The standard InChI is InChI=1S/C14H17NO5/c1-14(2,3)20-13(18)12(17)15-10-8-9(19-4)6-5-7-11(10)16/h5-8H,1-4H3,(H,15,16,17). The molecule has 0 heterocycles. The molecule has 0 spiro atoms. The SMILES string of the molecule is COc1cccc(=O)c(NC(=O)C(=O)OC(C)(C)C)c1. The average molecular weight is 279 g/mol. The Morgan fingerprint density at radius 3 is 2.40 bits per heavy atom. The third-order valence-electron chi connectivity index (χ3n) is 2.13. The first-order valence-corrected chi connectivity index (χ1v) is 5.95. The fraction of sp³-hybridized carbons (Fsp3) is 0.357. The number of rotatable bonds is 2. The second kappa shape index (κ2) is 6.18. The van der Waals surface area contributed by atoms with E-state index >= 15 is 0 Å². The molecule has 1 rings (SSSR count). The largest absolute Gasteiger partial charge is 0.497 e. The van der Waals surface area contributed by atoms with Crippen molar-refractivity contribution in [1.82, 2.24) is 0 Å². The van der Waals surface area contributed by atoms with E-state index in [4.69, 9.17) is 9.47 Å². The van der Waals surface area contributed by atoms with Crippen molar-refractivity contribution in [1.29, 1.82) is 0 Å². The minimum Gasteiger partial charge on any atom is -0.497 e. The number of carbonyl (C=O) groups is 2. The summed E-state index contributed by atoms with van der Waals surface area (Å²) in [5.41, 5.74) is -1.28. The van der Waals surface area contributed by atoms with E-state index in [-0.39, 0.29) is 5.69 Å². The molecule has 0 atom stereocenters. The van der Waals surface area contributed by atoms with Gasteiger partial charge in [-0.1, -0.05) is 6.07 Å². The van der Waals surface area contributed by atoms with Crippen LogP contribution in [0.25, 0.3) is 0 Å². The fourth-order valence-corrected chi connectivity index (χ4v) is 1.30. The van der Waals surface area contributed by atoms with Gasteiger partial charge in [-0.15, -0.1) is 0 Å². The topological polar surface area (TPSA) is 81.7 Å². The van der Waals surface area contributed by atoms with Crippen LogP contribution in [0.1, 0.15) is 20.8 Å². The van der Waals surface area contributed by atoms with Gasteiger partial charge in [-0.3, -0.25) is 9.59 Å². The Bertz CT molecular complexity index is 574. The molecule has 0 aliphatic carbocycles. The van der Waals surface area contributed by atoms with Crippen molar-refractivity contribution < 1.29 is 19.1 Å². The van der Waals surface area contributed by atoms with Crippen LogP contribution in [0, 0.1) is 0 Å². The Kier molecular flexibility index (Phi) is 4.85. The molecule has 0 fully saturated rings. The van der Waals surface area contributed by atoms with Crippen molar-refractivity contribution in [3.8, 4) is 5.75 Å². The van der Waals surface area contributed by atoms with Crippen molar-refractivity contribution in [2.75, 3.05) is 12.4 Å². The van der Waals surface area contributed by atoms with Gasteiger partial charge in [0, 0.05) is 6.07 Å². The number of methoxy groups -OCH3 is 1. The van der Waals surface area contributed by atoms with Gasteiger partial charge in [-0.05, 0) is 32.9 Å². The summed E-state index contributed by atoms with van der Waals surface area (Å²) in [6, 6.07) is 5.65. The van der Waals surface area contributed by atoms with Gasteiger partial charge in [0.25, 0.3) is 0 Å². The normalized spacial score (nSPS) is 10.6. The van der Waals surface area contributed by atoms with Crippen LogP contribution in [0.15, 0.2) is 29.1 Å². The average Bonchev–Trinajstić information content (AvgIpc) is 2.49. The Morgan fingerprint density at radius 1 is 1.20 bits per heavy atom. The smallest absolute Gasteiger partial charge is 0.397 e. The molecule has 0 aromatic heterocycles. The van der Waals surface area contributed by atoms with E-state index < -0.39 is 22.9 Å². The van der Waals surface area contributed by atoms with Gasteiger partial charge in [0.05, 0.1) is 12.8 Å². The zero-order valence-corrected chi connectivity index (χ0v) is 11.9. The number of hydrogen-bond acceptors (Lipinski definition) is 5. The van der Waals surface area contributed by atoms with Gasteiger partial charge >= 0.3 is 11.9 Å². The molecule has 1 N–H and O–H groups in total. The molecule has 0 aliphatic rings. The van der Waals surface area contributed by atoms with E-state index in [0.717, 1.165) is 0 Å². The molecule has 1 aromatic rings. The first-order chi connectivity index (χ1) is 9.23. The maximum absolute atomic E-state index is 11.7. The highest BCUT2D eigenvalue weighted by Crippen LogP contribution is 2.12. The van der Waals surface area contributed by atoms with Crippen molar-refractivity contribution in [2.24, 2.45) is 0 Å². The second-order valence-corrected chi connectivity index (χ2v) is 5.01. The summed E-state index contributed by atoms with van der Waals surface area (Å²) >= 11 is 0. The van der Waals surface area contributed by atoms with Crippen LogP contribution in [0.3, 0.4) is 0 Å². The summed E-state index contributed by atoms with van der Waals surface area (Å²) in [6.45, 7) is 4.92. The first kappa shape index (κ1) is 15.7. The molecule has 0 saturated heterocycles. The van der Waals surface area contributed by atoms with E-state index in [1.165, 1.54) is 25.3 Å². The van der Waals surface area contributed by atoms with Crippen molar-refractivity contribution in [3.63, 3.8) is 0 Å². The zero-order valence-electron chi connectivity index (χ0n) is 11.9. The molecule has 20 heavy (non-hydrogen) atoms. The van der Waals surface area contributed by atoms with E-state index in [0.29, 0.717) is 5.75 Å². The van der Waals surface area contributed by atoms with Crippen molar-refractivity contribution >= 4 is 17.6 Å². The lowest BCUT2D eigenvalue weighted by atomic mass is 10.2. The lowest BCUT2D eigenvalue weighted by Gasteiger charge is -2.18. The van der Waals surface area contributed by atoms with E-state index in [9.17, 15) is 14.4 Å². The molecule has 6 heteroatoms. The van der Waals surface area contributed by atoms with Crippen LogP contribution in [0.4, 0.5) is 5.69 Å². The summed E-state index contributed by atoms with van der Waals surface area (Å²) in [6.07, 6.45) is 0. The van der Waals surface area contributed by atoms with Gasteiger partial charge in [0.15, 0.2) is 0 Å². The third kappa shape index (κ3) is 4.72. The Balaban J connectivity index is 2.94. The highest BCUT2D eigenvalue weighted by Gasteiger charge is 2.23. The van der Waals surface area contributed by atoms with Crippen LogP contribution in [-0.4, -0.2) is 24.6 Å². The number of carbonyl (C=O) groups excluding carboxylic acids is 2. The Labute approximate surface area is 116 Å². The molecule has 1 aromatic carbocycles. The minimum absolute atomic E-state index is 0.0530. The van der Waals surface area contributed by atoms with Gasteiger partial charge in [-0.25, -0.2) is 4.79 Å². The van der Waals surface area contributed by atoms with Gasteiger partial charge in [0.2, 0.25) is 5.43 Å². The van der Waals surface area contributed by atoms with Crippen LogP contribution in [0.5, 0.6) is 5.75 Å². The maximum Gasteiger partial charge on any atom is 0.397 e. The molecular formula is C14H17NO5. The summed E-state index contributed by atoms with van der Waals surface area (Å²) in [5, 5.41) is 2.22. The number of esters is 1. The summed E-state index contributed by atoms with van der Waals surface area (Å²) < 4.78 is 9.89. The van der Waals surface area contributed by atoms with Gasteiger partial charge in [0.1, 0.15) is 11.4 Å². The Morgan fingerprint density at radius 2 is 1.85 bits per heavy atom. The molecule has 0 bridgehead atoms. The Hall–Kier alpha value is -2.37. The van der Waals surface area contributed by atoms with Crippen LogP contribution >= 0.6 is 0 Å². The number of ether oxygens (including phenoxy) is 2. The van der Waals surface area contributed by atoms with E-state index in [1.807, 2.05) is 0 Å². The van der Waals surface area contributed by atoms with Crippen LogP contribution < -0.4 is 15.5 Å². The monoisotopic (exact) mass is 279 g/mol. The molecule has 0 aliphatic heterocycles. The van der Waals surface area contributed by atoms with E-state index in [2.05, 4.69) is 5.32 Å². The van der Waals surface area contributed by atoms with Gasteiger partial charge in [-0.2, -0.15) is 0 Å². The quantitative estimate of drug-likeness (QED) is 0.652. The third-order valence-corrected chi connectivity index (χ3v) is 2.13. The molecular weight excluding hydrogens is 262 g/mol. The zero-order chi connectivity index (χ0) is 15.3. The molecule has 0 unspecified atom stereocenters. The fourth-order valence-electron chi connectivity index (χ4n) is 1.30. The second-order valence-electron chi connectivity index (χ2n) is 5.01. The predicted octanol–water partition coefficient (Wildman–Crippen LogP) is 1.34. The summed E-state index contributed by atoms with van der Waals surface area (Å²) in [7, 11) is 1.43. The van der Waals surface area contributed by atoms with Crippen LogP contribution in [-0.2, 0) is 14.3 Å². The predicted molar refractivity (Wildman–Crippen MR) is 73.7 cm³/mol. The maximum atomic E-state index is 11.7. The number of anilines is 1. The lowest BCUT2D eigenvalue weighted by Crippen LogP contribution is -2.33. The van der Waals surface area contributed by atoms with Crippen molar-refractivity contribution in [2.45, 2.75) is 26.4 Å². The number of nitrogens with one attached hydrogen (secondary N) is 1. The van der Waals surface area contributed by atoms with E-state index in [1.54, 1.807) is 26.8 Å². The number of amides is 1. The molecule has 1 amide bonds. The molecule has 6 nitrogen and oxygen atoms in total. The summed E-state index contributed by atoms with van der Waals surface area (Å²) in [4.78, 5) is 34.9. The highest BCUT2D eigenvalue weighted by molar-refractivity contribution is 6.37. The minimum atomic E-state index is -1.05. The summed E-state index contributed by atoms with van der Waals surface area (Å²) in [5.74, 6) is -1.68. The van der Waals surface area contributed by atoms with Crippen molar-refractivity contribution in [3.05, 3.63) is 34.5 Å². The van der Waals surface area contributed by atoms with Gasteiger partial charge < -0.3 is 14.8 Å². The lowest BCUT2D eigenvalue weighted by molar-refractivity contribution is -0.161. The van der Waals surface area contributed by atoms with Crippen LogP contribution in [0.2, 0.25) is 0 Å².